The lowest BCUT2D eigenvalue weighted by molar-refractivity contribution is -0.124. The molecule has 0 aromatic carbocycles. The average molecular weight is 282 g/mol. The monoisotopic (exact) mass is 282 g/mol. The van der Waals surface area contributed by atoms with E-state index in [0.717, 1.165) is 18.4 Å². The van der Waals surface area contributed by atoms with Crippen molar-refractivity contribution < 1.29 is 9.53 Å². The zero-order valence-electron chi connectivity index (χ0n) is 11.0. The minimum Gasteiger partial charge on any atom is -0.380 e. The molecule has 1 aromatic rings. The van der Waals surface area contributed by atoms with Crippen molar-refractivity contribution in [2.45, 2.75) is 31.0 Å². The molecule has 1 aliphatic heterocycles. The molecule has 19 heavy (non-hydrogen) atoms. The summed E-state index contributed by atoms with van der Waals surface area (Å²) < 4.78 is 7.23. The normalized spacial score (nSPS) is 20.9. The van der Waals surface area contributed by atoms with Gasteiger partial charge < -0.3 is 14.6 Å². The minimum absolute atomic E-state index is 0.0449. The van der Waals surface area contributed by atoms with Gasteiger partial charge in [0.25, 0.3) is 0 Å². The topological polar surface area (TPSA) is 69.0 Å². The second-order valence-electron chi connectivity index (χ2n) is 5.62. The van der Waals surface area contributed by atoms with Crippen LogP contribution in [0.1, 0.15) is 25.8 Å². The van der Waals surface area contributed by atoms with Gasteiger partial charge in [-0.2, -0.15) is 0 Å². The van der Waals surface area contributed by atoms with Crippen LogP contribution in [0, 0.1) is 5.41 Å². The van der Waals surface area contributed by atoms with Gasteiger partial charge in [-0.3, -0.25) is 4.79 Å². The second kappa shape index (κ2) is 5.13. The van der Waals surface area contributed by atoms with Crippen LogP contribution in [0.4, 0.5) is 0 Å². The number of carbonyl (C=O) groups is 1. The molecule has 6 nitrogen and oxygen atoms in total. The molecule has 7 heteroatoms. The van der Waals surface area contributed by atoms with Gasteiger partial charge in [0.2, 0.25) is 5.91 Å². The standard InChI is InChI=1S/C12H18N4O2S/c1-12(6-18-7-12)5-13-10(17)4-19-11-15-14-8-16(11)9-2-3-9/h8-9H,2-7H2,1H3,(H,13,17). The number of nitrogens with one attached hydrogen (secondary N) is 1. The molecule has 1 aliphatic carbocycles. The summed E-state index contributed by atoms with van der Waals surface area (Å²) in [6.07, 6.45) is 4.14. The van der Waals surface area contributed by atoms with Crippen molar-refractivity contribution in [1.29, 1.82) is 0 Å². The van der Waals surface area contributed by atoms with Gasteiger partial charge >= 0.3 is 0 Å². The Bertz CT molecular complexity index is 468. The van der Waals surface area contributed by atoms with E-state index in [1.165, 1.54) is 24.6 Å². The second-order valence-corrected chi connectivity index (χ2v) is 6.56. The molecule has 0 spiro atoms. The average Bonchev–Trinajstić information content (AvgIpc) is 3.11. The fourth-order valence-electron chi connectivity index (χ4n) is 1.98. The van der Waals surface area contributed by atoms with E-state index in [1.54, 1.807) is 6.33 Å². The zero-order chi connectivity index (χ0) is 13.3. The van der Waals surface area contributed by atoms with Gasteiger partial charge in [-0.15, -0.1) is 10.2 Å². The van der Waals surface area contributed by atoms with E-state index in [-0.39, 0.29) is 11.3 Å². The van der Waals surface area contributed by atoms with E-state index in [1.807, 2.05) is 0 Å². The number of hydrogen-bond acceptors (Lipinski definition) is 5. The Labute approximate surface area is 116 Å². The van der Waals surface area contributed by atoms with Crippen molar-refractivity contribution in [3.63, 3.8) is 0 Å². The minimum atomic E-state index is 0.0449. The summed E-state index contributed by atoms with van der Waals surface area (Å²) in [6, 6.07) is 0.548. The summed E-state index contributed by atoms with van der Waals surface area (Å²) >= 11 is 1.45. The van der Waals surface area contributed by atoms with Gasteiger partial charge in [-0.1, -0.05) is 18.7 Å². The van der Waals surface area contributed by atoms with Crippen LogP contribution >= 0.6 is 11.8 Å². The Morgan fingerprint density at radius 3 is 3.05 bits per heavy atom. The molecule has 1 amide bonds. The molecule has 2 aliphatic rings. The summed E-state index contributed by atoms with van der Waals surface area (Å²) in [5, 5.41) is 11.8. The van der Waals surface area contributed by atoms with Crippen molar-refractivity contribution in [1.82, 2.24) is 20.1 Å². The summed E-state index contributed by atoms with van der Waals surface area (Å²) in [7, 11) is 0. The highest BCUT2D eigenvalue weighted by molar-refractivity contribution is 7.99. The highest BCUT2D eigenvalue weighted by Gasteiger charge is 2.33. The summed E-state index contributed by atoms with van der Waals surface area (Å²) in [5.74, 6) is 0.436. The fourth-order valence-corrected chi connectivity index (χ4v) is 2.80. The van der Waals surface area contributed by atoms with E-state index >= 15 is 0 Å². The van der Waals surface area contributed by atoms with Crippen LogP contribution < -0.4 is 5.32 Å². The third-order valence-electron chi connectivity index (χ3n) is 3.43. The van der Waals surface area contributed by atoms with Crippen LogP contribution in [0.3, 0.4) is 0 Å². The molecule has 0 unspecified atom stereocenters. The molecule has 0 bridgehead atoms. The maximum atomic E-state index is 11.8. The highest BCUT2D eigenvalue weighted by atomic mass is 32.2. The molecular formula is C12H18N4O2S. The fraction of sp³-hybridized carbons (Fsp3) is 0.750. The number of hydrogen-bond donors (Lipinski definition) is 1. The van der Waals surface area contributed by atoms with E-state index in [9.17, 15) is 4.79 Å². The molecule has 0 atom stereocenters. The van der Waals surface area contributed by atoms with E-state index in [2.05, 4.69) is 27.0 Å². The molecule has 1 saturated carbocycles. The molecule has 104 valence electrons. The summed E-state index contributed by atoms with van der Waals surface area (Å²) in [4.78, 5) is 11.8. The molecular weight excluding hydrogens is 264 g/mol. The Hall–Kier alpha value is -1.08. The molecule has 1 N–H and O–H groups in total. The van der Waals surface area contributed by atoms with E-state index in [4.69, 9.17) is 4.74 Å². The van der Waals surface area contributed by atoms with Crippen LogP contribution in [0.15, 0.2) is 11.5 Å². The number of rotatable bonds is 6. The van der Waals surface area contributed by atoms with Gasteiger partial charge in [0.1, 0.15) is 6.33 Å². The quantitative estimate of drug-likeness (QED) is 0.784. The number of carbonyl (C=O) groups excluding carboxylic acids is 1. The Morgan fingerprint density at radius 1 is 1.63 bits per heavy atom. The summed E-state index contributed by atoms with van der Waals surface area (Å²) in [5.41, 5.74) is 0.119. The van der Waals surface area contributed by atoms with Crippen molar-refractivity contribution in [3.05, 3.63) is 6.33 Å². The first-order valence-electron chi connectivity index (χ1n) is 6.53. The molecule has 2 fully saturated rings. The first-order chi connectivity index (χ1) is 9.16. The number of amides is 1. The van der Waals surface area contributed by atoms with Crippen molar-refractivity contribution in [2.75, 3.05) is 25.5 Å². The summed E-state index contributed by atoms with van der Waals surface area (Å²) in [6.45, 7) is 4.27. The van der Waals surface area contributed by atoms with Gasteiger partial charge in [-0.05, 0) is 12.8 Å². The lowest BCUT2D eigenvalue weighted by Crippen LogP contribution is -2.48. The van der Waals surface area contributed by atoms with Gasteiger partial charge in [-0.25, -0.2) is 0 Å². The van der Waals surface area contributed by atoms with E-state index in [0.29, 0.717) is 18.3 Å². The smallest absolute Gasteiger partial charge is 0.230 e. The van der Waals surface area contributed by atoms with Crippen LogP contribution in [-0.4, -0.2) is 46.2 Å². The number of ether oxygens (including phenoxy) is 1. The van der Waals surface area contributed by atoms with Crippen molar-refractivity contribution in [2.24, 2.45) is 5.41 Å². The predicted molar refractivity (Wildman–Crippen MR) is 71.0 cm³/mol. The Balaban J connectivity index is 1.43. The predicted octanol–water partition coefficient (Wildman–Crippen LogP) is 0.858. The van der Waals surface area contributed by atoms with Gasteiger partial charge in [0.05, 0.1) is 19.0 Å². The lowest BCUT2D eigenvalue weighted by Gasteiger charge is -2.37. The molecule has 1 aromatic heterocycles. The van der Waals surface area contributed by atoms with Crippen molar-refractivity contribution >= 4 is 17.7 Å². The van der Waals surface area contributed by atoms with Crippen LogP contribution in [0.5, 0.6) is 0 Å². The third kappa shape index (κ3) is 3.09. The maximum Gasteiger partial charge on any atom is 0.230 e. The van der Waals surface area contributed by atoms with Gasteiger partial charge in [0.15, 0.2) is 5.16 Å². The lowest BCUT2D eigenvalue weighted by atomic mass is 9.89. The largest absolute Gasteiger partial charge is 0.380 e. The molecule has 3 rings (SSSR count). The first kappa shape index (κ1) is 12.9. The highest BCUT2D eigenvalue weighted by Crippen LogP contribution is 2.37. The van der Waals surface area contributed by atoms with E-state index < -0.39 is 0 Å². The van der Waals surface area contributed by atoms with Crippen LogP contribution in [0.25, 0.3) is 0 Å². The van der Waals surface area contributed by atoms with Gasteiger partial charge in [0, 0.05) is 18.0 Å². The number of nitrogens with zero attached hydrogens (tertiary/aromatic N) is 3. The Kier molecular flexibility index (Phi) is 3.49. The molecule has 1 saturated heterocycles. The molecule has 2 heterocycles. The third-order valence-corrected chi connectivity index (χ3v) is 4.38. The SMILES string of the molecule is CC1(CNC(=O)CSc2nncn2C2CC2)COC1. The number of aromatic nitrogens is 3. The van der Waals surface area contributed by atoms with Crippen molar-refractivity contribution in [3.8, 4) is 0 Å². The van der Waals surface area contributed by atoms with Crippen LogP contribution in [-0.2, 0) is 9.53 Å². The number of thioether (sulfide) groups is 1. The van der Waals surface area contributed by atoms with Crippen LogP contribution in [0.2, 0.25) is 0 Å². The zero-order valence-corrected chi connectivity index (χ0v) is 11.8. The first-order valence-corrected chi connectivity index (χ1v) is 7.52. The Morgan fingerprint density at radius 2 is 2.42 bits per heavy atom. The maximum absolute atomic E-state index is 11.8. The molecule has 0 radical (unpaired) electrons.